The molecule has 8 fully saturated rings. The Morgan fingerprint density at radius 2 is 1.10 bits per heavy atom. The van der Waals surface area contributed by atoms with Gasteiger partial charge in [0.25, 0.3) is 0 Å². The van der Waals surface area contributed by atoms with Crippen molar-refractivity contribution in [2.75, 3.05) is 65.4 Å². The fourth-order valence-corrected chi connectivity index (χ4v) is 17.1. The van der Waals surface area contributed by atoms with Crippen LogP contribution in [0, 0.1) is 34.3 Å². The van der Waals surface area contributed by atoms with Gasteiger partial charge < -0.3 is 49.9 Å². The molecule has 2 aromatic heterocycles. The smallest absolute Gasteiger partial charge is 0.338 e. The van der Waals surface area contributed by atoms with Gasteiger partial charge in [0.05, 0.1) is 49.3 Å². The minimum absolute atomic E-state index is 0. The zero-order valence-electron chi connectivity index (χ0n) is 48.7. The maximum absolute atomic E-state index is 14.0. The maximum atomic E-state index is 14.0. The summed E-state index contributed by atoms with van der Waals surface area (Å²) in [7, 11) is 2.61. The van der Waals surface area contributed by atoms with Crippen LogP contribution in [0.2, 0.25) is 10.0 Å². The van der Waals surface area contributed by atoms with Gasteiger partial charge in [0.15, 0.2) is 21.7 Å². The molecular weight excluding hydrogens is 1320 g/mol. The maximum Gasteiger partial charge on any atom is 0.338 e. The average molecular weight is 1400 g/mol. The monoisotopic (exact) mass is 1400 g/mol. The largest absolute Gasteiger partial charge is 0.481 e. The molecule has 0 bridgehead atoms. The van der Waals surface area contributed by atoms with E-state index in [9.17, 15) is 42.7 Å². The molecule has 14 rings (SSSR count). The molecule has 4 N–H and O–H groups in total. The van der Waals surface area contributed by atoms with Crippen molar-refractivity contribution in [2.45, 2.75) is 122 Å². The van der Waals surface area contributed by atoms with E-state index in [1.165, 1.54) is 79.7 Å². The number of piperidine rings is 1. The number of aromatic nitrogens is 2. The van der Waals surface area contributed by atoms with E-state index in [2.05, 4.69) is 56.2 Å². The molecule has 4 saturated heterocycles. The van der Waals surface area contributed by atoms with Gasteiger partial charge in [-0.15, -0.1) is 22.7 Å². The molecule has 91 heavy (non-hydrogen) atoms. The van der Waals surface area contributed by atoms with Crippen LogP contribution in [-0.4, -0.2) is 182 Å². The number of rotatable bonds is 13. The molecule has 4 atom stereocenters. The number of carboxylic acid groups (broad SMARTS) is 2. The van der Waals surface area contributed by atoms with Crippen molar-refractivity contribution in [1.29, 1.82) is 0 Å². The van der Waals surface area contributed by atoms with Gasteiger partial charge in [-0.1, -0.05) is 66.1 Å². The Balaban J connectivity index is 0.000000163. The van der Waals surface area contributed by atoms with Crippen molar-refractivity contribution in [2.24, 2.45) is 32.7 Å². The van der Waals surface area contributed by atoms with Crippen LogP contribution in [0.25, 0.3) is 0 Å². The summed E-state index contributed by atoms with van der Waals surface area (Å²) in [5.74, 6) is -2.80. The van der Waals surface area contributed by atoms with E-state index in [4.69, 9.17) is 42.8 Å². The first-order valence-electron chi connectivity index (χ1n) is 29.7. The number of hydrogen-bond acceptors (Lipinski definition) is 17. The predicted molar refractivity (Wildman–Crippen MR) is 344 cm³/mol. The highest BCUT2D eigenvalue weighted by Gasteiger charge is 2.60. The number of carboxylic acids is 2. The van der Waals surface area contributed by atoms with Crippen molar-refractivity contribution >= 4 is 109 Å². The normalized spacial score (nSPS) is 28.7. The van der Waals surface area contributed by atoms with Crippen LogP contribution in [0.3, 0.4) is 0 Å². The first kappa shape index (κ1) is 67.3. The molecule has 28 heteroatoms. The summed E-state index contributed by atoms with van der Waals surface area (Å²) in [5.41, 5.74) is 3.12. The van der Waals surface area contributed by atoms with Gasteiger partial charge >= 0.3 is 35.9 Å². The summed E-state index contributed by atoms with van der Waals surface area (Å²) in [6, 6.07) is 7.73. The third kappa shape index (κ3) is 13.4. The number of carbonyl (C=O) groups is 6. The lowest BCUT2D eigenvalue weighted by atomic mass is 9.50. The Morgan fingerprint density at radius 3 is 1.53 bits per heavy atom. The predicted octanol–water partition coefficient (Wildman–Crippen LogP) is 10.6. The van der Waals surface area contributed by atoms with Gasteiger partial charge in [0.2, 0.25) is 0 Å². The second-order valence-electron chi connectivity index (χ2n) is 24.7. The molecule has 2 aromatic carbocycles. The highest BCUT2D eigenvalue weighted by atomic mass is 79.9. The van der Waals surface area contributed by atoms with E-state index < -0.39 is 47.6 Å². The molecule has 21 nitrogen and oxygen atoms in total. The second-order valence-corrected chi connectivity index (χ2v) is 27.9. The Hall–Kier alpha value is -6.58. The molecule has 0 radical (unpaired) electrons. The van der Waals surface area contributed by atoms with Crippen LogP contribution < -0.4 is 10.6 Å². The van der Waals surface area contributed by atoms with E-state index in [1.807, 2.05) is 20.6 Å². The Bertz CT molecular complexity index is 3570. The number of ether oxygens (including phenoxy) is 2. The number of piperazine rings is 1. The number of amides is 4. The van der Waals surface area contributed by atoms with Crippen LogP contribution in [0.5, 0.6) is 0 Å². The number of alkyl halides is 1. The van der Waals surface area contributed by atoms with Crippen molar-refractivity contribution in [3.63, 3.8) is 0 Å². The van der Waals surface area contributed by atoms with Gasteiger partial charge in [-0.25, -0.2) is 37.9 Å². The molecule has 0 unspecified atom stereocenters. The molecule has 6 aliphatic heterocycles. The van der Waals surface area contributed by atoms with Crippen molar-refractivity contribution in [3.05, 3.63) is 125 Å². The van der Waals surface area contributed by atoms with E-state index in [-0.39, 0.29) is 77.3 Å². The molecular formula is C63H74BrCl2F2N11O10S2. The van der Waals surface area contributed by atoms with E-state index >= 15 is 0 Å². The van der Waals surface area contributed by atoms with Crippen molar-refractivity contribution in [3.8, 4) is 0 Å². The number of aliphatic carboxylic acids is 2. The first-order chi connectivity index (χ1) is 42.8. The van der Waals surface area contributed by atoms with Crippen LogP contribution >= 0.6 is 61.8 Å². The lowest BCUT2D eigenvalue weighted by molar-refractivity contribution is -0.158. The molecule has 4 aliphatic carbocycles. The highest BCUT2D eigenvalue weighted by Crippen LogP contribution is 2.61. The van der Waals surface area contributed by atoms with Gasteiger partial charge in [-0.05, 0) is 106 Å². The second kappa shape index (κ2) is 27.5. The number of halogens is 5. The molecule has 488 valence electrons. The zero-order valence-corrected chi connectivity index (χ0v) is 53.4. The summed E-state index contributed by atoms with van der Waals surface area (Å²) in [4.78, 5) is 102. The van der Waals surface area contributed by atoms with E-state index in [1.54, 1.807) is 12.4 Å². The number of methoxy groups -OCH3 is 2. The van der Waals surface area contributed by atoms with Crippen LogP contribution in [0.1, 0.15) is 119 Å². The number of nitrogens with one attached hydrogen (secondary N) is 2. The van der Waals surface area contributed by atoms with Crippen LogP contribution in [-0.2, 0) is 28.7 Å². The van der Waals surface area contributed by atoms with Crippen molar-refractivity contribution in [1.82, 2.24) is 45.1 Å². The van der Waals surface area contributed by atoms with Gasteiger partial charge in [0, 0.05) is 119 Å². The lowest BCUT2D eigenvalue weighted by Gasteiger charge is -2.58. The fraction of sp³-hybridized carbons (Fsp3) is 0.524. The summed E-state index contributed by atoms with van der Waals surface area (Å²) in [5, 5.41) is 30.4. The number of thiazole rings is 2. The summed E-state index contributed by atoms with van der Waals surface area (Å²) < 4.78 is 37.5. The molecule has 10 aliphatic rings. The number of nitrogens with zero attached hydrogens (tertiary/aromatic N) is 9. The molecule has 8 heterocycles. The van der Waals surface area contributed by atoms with Gasteiger partial charge in [-0.2, -0.15) is 0 Å². The number of fused-ring (bicyclic) bond motifs is 2. The van der Waals surface area contributed by atoms with E-state index in [0.29, 0.717) is 113 Å². The minimum atomic E-state index is -0.839. The van der Waals surface area contributed by atoms with E-state index in [0.717, 1.165) is 64.5 Å². The molecule has 4 amide bonds. The fourth-order valence-electron chi connectivity index (χ4n) is 14.9. The topological polar surface area (TPSA) is 252 Å². The number of allylic oxidation sites excluding steroid dienone is 1. The molecule has 4 aromatic rings. The van der Waals surface area contributed by atoms with Crippen LogP contribution in [0.4, 0.5) is 18.4 Å². The third-order valence-electron chi connectivity index (χ3n) is 19.3. The number of hydrogen-bond donors (Lipinski definition) is 4. The highest BCUT2D eigenvalue weighted by molar-refractivity contribution is 9.09. The first-order valence-corrected chi connectivity index (χ1v) is 33.3. The number of esters is 2. The molecule has 2 spiro atoms. The zero-order chi connectivity index (χ0) is 62.6. The lowest BCUT2D eigenvalue weighted by Crippen LogP contribution is -2.58. The summed E-state index contributed by atoms with van der Waals surface area (Å²) in [6.07, 6.45) is 13.8. The Labute approximate surface area is 553 Å². The standard InChI is InChI=1S/C30H32ClFN6O5S.C16H12BrClFN3O2S.C15H22N2O3.2CH4/c1-43-28(41)23-22(34-25(26-33-4-7-44-26)35-24(23)20-3-2-17(32)8-21(20)31)15-36-5-6-37-19(13-36)14-38(29(37)42)18-11-30(12-18)9-16(10-30)27(39)40;1-24-16(23)12-11(7-17)21-14(15-20-4-5-25-15)22-13(12)9-3-2-8(19)6-10(9)18;18-13(19)10-5-15(6-10)7-12(8-15)17-9-11-3-1-2-4-16(11)14(17)20;;/h2-4,7-8,16,18-19,24H,5-6,9-15H2,1H3,(H,34,35)(H,39,40);2-6,13H,7H2,1H3,(H,21,22);10-12H,1-9H2,(H,18,19);2*1H4/t16?,18?,19-,24-,30?;13-;10?,11-,12?,15?;;/m000../s1. The summed E-state index contributed by atoms with van der Waals surface area (Å²) in [6.45, 7) is 4.60. The van der Waals surface area contributed by atoms with Gasteiger partial charge in [-0.3, -0.25) is 24.5 Å². The van der Waals surface area contributed by atoms with Crippen molar-refractivity contribution < 1.29 is 57.2 Å². The average Bonchev–Trinajstić information content (AvgIpc) is 1.72. The third-order valence-corrected chi connectivity index (χ3v) is 22.1. The Morgan fingerprint density at radius 1 is 0.637 bits per heavy atom. The number of amidine groups is 2. The molecule has 4 saturated carbocycles. The Kier molecular flexibility index (Phi) is 20.4. The van der Waals surface area contributed by atoms with Gasteiger partial charge in [0.1, 0.15) is 23.7 Å². The quantitative estimate of drug-likeness (QED) is 0.0717. The number of urea groups is 2. The minimum Gasteiger partial charge on any atom is -0.481 e. The van der Waals surface area contributed by atoms with Crippen LogP contribution in [0.15, 0.2) is 92.1 Å². The number of carbonyl (C=O) groups excluding carboxylic acids is 4. The SMILES string of the molecule is C.C.COC(=O)C1=C(CBr)NC(c2nccs2)=N[C@H]1c1ccc(F)cc1Cl.COC(=O)C1=C(CN2CCN3C(=O)N(C4CC5(CC(C(=O)O)C5)C4)C[C@@H]3C2)NC(c2nccs2)=N[C@H]1c1ccc(F)cc1Cl.O=C(O)C1CC2(C1)CC(N1C[C@@H]3CCCCN3C1=O)C2. The number of aliphatic imine (C=N–C) groups is 2. The number of benzene rings is 2. The summed E-state index contributed by atoms with van der Waals surface area (Å²) >= 11 is 18.9.